The van der Waals surface area contributed by atoms with Crippen LogP contribution in [-0.2, 0) is 0 Å². The Kier molecular flexibility index (Phi) is 6.54. The third-order valence-corrected chi connectivity index (χ3v) is 3.43. The molecule has 1 saturated carbocycles. The molecule has 0 aromatic heterocycles. The third kappa shape index (κ3) is 5.41. The first kappa shape index (κ1) is 15.7. The van der Waals surface area contributed by atoms with E-state index in [4.69, 9.17) is 0 Å². The minimum Gasteiger partial charge on any atom is -0.462 e. The Balaban J connectivity index is 0.000000359. The standard InChI is InChI=1S/C8H6F2O.C8H16.H2/c1-2-11-7-5-3-4-6(9)8(7)10;1-7-3-5-8(2)6-4-7;/h2-5H,1H2;7-8H,3-6H2,1-2H3;1H. The molecule has 0 saturated heterocycles. The van der Waals surface area contributed by atoms with E-state index in [0.717, 1.165) is 24.2 Å². The van der Waals surface area contributed by atoms with Gasteiger partial charge in [-0.3, -0.25) is 0 Å². The molecule has 1 nitrogen and oxygen atoms in total. The van der Waals surface area contributed by atoms with Crippen molar-refractivity contribution in [2.24, 2.45) is 11.8 Å². The van der Waals surface area contributed by atoms with E-state index in [1.807, 2.05) is 0 Å². The molecule has 0 amide bonds. The second kappa shape index (κ2) is 7.93. The highest BCUT2D eigenvalue weighted by atomic mass is 19.2. The average molecular weight is 270 g/mol. The highest BCUT2D eigenvalue weighted by Gasteiger charge is 2.13. The maximum atomic E-state index is 12.6. The highest BCUT2D eigenvalue weighted by molar-refractivity contribution is 5.25. The van der Waals surface area contributed by atoms with Crippen LogP contribution in [0.1, 0.15) is 41.0 Å². The number of rotatable bonds is 2. The summed E-state index contributed by atoms with van der Waals surface area (Å²) in [6.45, 7) is 7.95. The maximum absolute atomic E-state index is 12.6. The monoisotopic (exact) mass is 270 g/mol. The maximum Gasteiger partial charge on any atom is 0.201 e. The van der Waals surface area contributed by atoms with Gasteiger partial charge in [-0.25, -0.2) is 4.39 Å². The summed E-state index contributed by atoms with van der Waals surface area (Å²) in [4.78, 5) is 0. The molecule has 0 radical (unpaired) electrons. The summed E-state index contributed by atoms with van der Waals surface area (Å²) < 4.78 is 29.6. The first-order valence-electron chi connectivity index (χ1n) is 6.76. The van der Waals surface area contributed by atoms with Crippen LogP contribution in [0.25, 0.3) is 0 Å². The molecule has 1 aromatic rings. The summed E-state index contributed by atoms with van der Waals surface area (Å²) in [6, 6.07) is 3.70. The van der Waals surface area contributed by atoms with Crippen molar-refractivity contribution in [2.45, 2.75) is 39.5 Å². The normalized spacial score (nSPS) is 22.1. The van der Waals surface area contributed by atoms with Crippen LogP contribution in [0.5, 0.6) is 5.75 Å². The molecule has 19 heavy (non-hydrogen) atoms. The van der Waals surface area contributed by atoms with E-state index >= 15 is 0 Å². The number of ether oxygens (including phenoxy) is 1. The van der Waals surface area contributed by atoms with E-state index < -0.39 is 11.6 Å². The summed E-state index contributed by atoms with van der Waals surface area (Å²) in [5.41, 5.74) is 0. The molecule has 0 N–H and O–H groups in total. The van der Waals surface area contributed by atoms with Crippen molar-refractivity contribution in [1.82, 2.24) is 0 Å². The van der Waals surface area contributed by atoms with E-state index in [-0.39, 0.29) is 7.18 Å². The predicted molar refractivity (Wildman–Crippen MR) is 76.1 cm³/mol. The largest absolute Gasteiger partial charge is 0.462 e. The fourth-order valence-electron chi connectivity index (χ4n) is 2.09. The second-order valence-electron chi connectivity index (χ2n) is 5.20. The molecule has 0 heterocycles. The molecular weight excluding hydrogens is 246 g/mol. The van der Waals surface area contributed by atoms with E-state index in [1.54, 1.807) is 0 Å². The zero-order valence-corrected chi connectivity index (χ0v) is 11.7. The van der Waals surface area contributed by atoms with Gasteiger partial charge in [0.1, 0.15) is 0 Å². The van der Waals surface area contributed by atoms with Gasteiger partial charge in [-0.05, 0) is 24.0 Å². The minimum absolute atomic E-state index is 0. The average Bonchev–Trinajstić information content (AvgIpc) is 2.40. The van der Waals surface area contributed by atoms with Crippen LogP contribution >= 0.6 is 0 Å². The van der Waals surface area contributed by atoms with Crippen LogP contribution in [0.15, 0.2) is 31.0 Å². The molecule has 1 aromatic carbocycles. The molecule has 0 bridgehead atoms. The van der Waals surface area contributed by atoms with Crippen molar-refractivity contribution >= 4 is 0 Å². The van der Waals surface area contributed by atoms with Gasteiger partial charge in [0.05, 0.1) is 6.26 Å². The lowest BCUT2D eigenvalue weighted by Gasteiger charge is -2.22. The van der Waals surface area contributed by atoms with Gasteiger partial charge in [-0.2, -0.15) is 4.39 Å². The lowest BCUT2D eigenvalue weighted by Crippen LogP contribution is -2.08. The summed E-state index contributed by atoms with van der Waals surface area (Å²) in [5, 5.41) is 0. The van der Waals surface area contributed by atoms with E-state index in [0.29, 0.717) is 0 Å². The van der Waals surface area contributed by atoms with Crippen LogP contribution in [0, 0.1) is 23.5 Å². The van der Waals surface area contributed by atoms with E-state index in [9.17, 15) is 8.78 Å². The van der Waals surface area contributed by atoms with Crippen molar-refractivity contribution in [3.8, 4) is 5.75 Å². The van der Waals surface area contributed by atoms with Crippen molar-refractivity contribution in [3.05, 3.63) is 42.7 Å². The molecule has 0 spiro atoms. The molecule has 3 heteroatoms. The predicted octanol–water partition coefficient (Wildman–Crippen LogP) is 5.57. The van der Waals surface area contributed by atoms with Gasteiger partial charge in [0.2, 0.25) is 5.82 Å². The van der Waals surface area contributed by atoms with Gasteiger partial charge in [-0.15, -0.1) is 0 Å². The van der Waals surface area contributed by atoms with Crippen LogP contribution in [0.3, 0.4) is 0 Å². The van der Waals surface area contributed by atoms with Crippen molar-refractivity contribution < 1.29 is 14.9 Å². The SMILES string of the molecule is C=COc1cccc(F)c1F.CC1CCC(C)CC1.[HH]. The zero-order chi connectivity index (χ0) is 14.3. The van der Waals surface area contributed by atoms with Gasteiger partial charge >= 0.3 is 0 Å². The number of hydrogen-bond donors (Lipinski definition) is 0. The van der Waals surface area contributed by atoms with Crippen LogP contribution < -0.4 is 4.74 Å². The topological polar surface area (TPSA) is 9.23 Å². The van der Waals surface area contributed by atoms with Crippen molar-refractivity contribution in [2.75, 3.05) is 0 Å². The summed E-state index contributed by atoms with van der Waals surface area (Å²) in [5.74, 6) is -0.0332. The Hall–Kier alpha value is -1.38. The van der Waals surface area contributed by atoms with Gasteiger partial charge in [0.15, 0.2) is 11.6 Å². The van der Waals surface area contributed by atoms with Crippen LogP contribution in [0.4, 0.5) is 8.78 Å². The number of benzene rings is 1. The van der Waals surface area contributed by atoms with Gasteiger partial charge in [0.25, 0.3) is 0 Å². The number of halogens is 2. The smallest absolute Gasteiger partial charge is 0.201 e. The van der Waals surface area contributed by atoms with Gasteiger partial charge < -0.3 is 4.74 Å². The molecule has 0 unspecified atom stereocenters. The van der Waals surface area contributed by atoms with Crippen LogP contribution in [-0.4, -0.2) is 0 Å². The molecular formula is C16H24F2O. The number of hydrogen-bond acceptors (Lipinski definition) is 1. The van der Waals surface area contributed by atoms with Crippen LogP contribution in [0.2, 0.25) is 0 Å². The summed E-state index contributed by atoms with van der Waals surface area (Å²) in [7, 11) is 0. The Morgan fingerprint density at radius 2 is 1.68 bits per heavy atom. The second-order valence-corrected chi connectivity index (χ2v) is 5.20. The first-order valence-corrected chi connectivity index (χ1v) is 6.76. The summed E-state index contributed by atoms with van der Waals surface area (Å²) in [6.07, 6.45) is 6.93. The summed E-state index contributed by atoms with van der Waals surface area (Å²) >= 11 is 0. The quantitative estimate of drug-likeness (QED) is 0.639. The molecule has 108 valence electrons. The Morgan fingerprint density at radius 3 is 2.16 bits per heavy atom. The fourth-order valence-corrected chi connectivity index (χ4v) is 2.09. The Morgan fingerprint density at radius 1 is 1.16 bits per heavy atom. The molecule has 1 fully saturated rings. The third-order valence-electron chi connectivity index (χ3n) is 3.43. The zero-order valence-electron chi connectivity index (χ0n) is 11.7. The van der Waals surface area contributed by atoms with Gasteiger partial charge in [-0.1, -0.05) is 52.2 Å². The fraction of sp³-hybridized carbons (Fsp3) is 0.500. The Bertz CT molecular complexity index is 391. The molecule has 1 aliphatic carbocycles. The molecule has 0 atom stereocenters. The van der Waals surface area contributed by atoms with Crippen molar-refractivity contribution in [1.29, 1.82) is 0 Å². The van der Waals surface area contributed by atoms with Gasteiger partial charge in [0, 0.05) is 1.43 Å². The molecule has 1 aliphatic rings. The minimum atomic E-state index is -0.993. The molecule has 2 rings (SSSR count). The lowest BCUT2D eigenvalue weighted by molar-refractivity contribution is 0.308. The highest BCUT2D eigenvalue weighted by Crippen LogP contribution is 2.27. The lowest BCUT2D eigenvalue weighted by atomic mass is 9.84. The van der Waals surface area contributed by atoms with Crippen molar-refractivity contribution in [3.63, 3.8) is 0 Å². The first-order chi connectivity index (χ1) is 9.04. The van der Waals surface area contributed by atoms with E-state index in [1.165, 1.54) is 37.8 Å². The Labute approximate surface area is 115 Å². The van der Waals surface area contributed by atoms with E-state index in [2.05, 4.69) is 25.2 Å². The molecule has 0 aliphatic heterocycles.